The van der Waals surface area contributed by atoms with Crippen molar-refractivity contribution in [2.45, 2.75) is 83.5 Å². The molecule has 0 aromatic heterocycles. The first-order chi connectivity index (χ1) is 18.4. The second-order valence-corrected chi connectivity index (χ2v) is 12.6. The summed E-state index contributed by atoms with van der Waals surface area (Å²) in [5, 5.41) is 14.0. The van der Waals surface area contributed by atoms with Crippen molar-refractivity contribution in [3.8, 4) is 0 Å². The highest BCUT2D eigenvalue weighted by atomic mass is 35.5. The third-order valence-corrected chi connectivity index (χ3v) is 8.77. The van der Waals surface area contributed by atoms with Crippen LogP contribution in [0.15, 0.2) is 36.4 Å². The van der Waals surface area contributed by atoms with Gasteiger partial charge in [0, 0.05) is 54.8 Å². The average Bonchev–Trinajstić information content (AvgIpc) is 3.34. The summed E-state index contributed by atoms with van der Waals surface area (Å²) < 4.78 is 28.5. The molecule has 214 valence electrons. The van der Waals surface area contributed by atoms with Crippen molar-refractivity contribution in [1.82, 2.24) is 15.1 Å². The summed E-state index contributed by atoms with van der Waals surface area (Å²) in [7, 11) is 0. The Kier molecular flexibility index (Phi) is 9.37. The Balaban J connectivity index is 1.50. The summed E-state index contributed by atoms with van der Waals surface area (Å²) in [4.78, 5) is 18.1. The number of aliphatic hydroxyl groups excluding tert-OH is 1. The molecule has 2 N–H and O–H groups in total. The second kappa shape index (κ2) is 12.2. The summed E-state index contributed by atoms with van der Waals surface area (Å²) in [5.74, 6) is -1.59. The summed E-state index contributed by atoms with van der Waals surface area (Å²) in [6.45, 7) is 12.6. The number of benzene rings is 2. The lowest BCUT2D eigenvalue weighted by Crippen LogP contribution is -2.44. The van der Waals surface area contributed by atoms with E-state index >= 15 is 0 Å². The maximum absolute atomic E-state index is 14.9. The van der Waals surface area contributed by atoms with Gasteiger partial charge in [-0.3, -0.25) is 15.0 Å². The third-order valence-electron chi connectivity index (χ3n) is 8.54. The Bertz CT molecular complexity index is 1160. The normalized spacial score (nSPS) is 22.7. The number of halogens is 3. The first kappa shape index (κ1) is 29.9. The molecule has 0 saturated carbocycles. The molecule has 2 aliphatic heterocycles. The molecule has 3 unspecified atom stereocenters. The number of hydrogen-bond donors (Lipinski definition) is 2. The molecule has 0 spiro atoms. The predicted octanol–water partition coefficient (Wildman–Crippen LogP) is 6.22. The minimum Gasteiger partial charge on any atom is -0.379 e. The molecular formula is C31H42ClF2N3O2. The third kappa shape index (κ3) is 6.82. The standard InChI is InChI=1S/C31H42ClF2N3O2/c1-6-29(38)35-19(2)25-15-21(32)7-9-23(25)20-11-13-36(14-12-20)30(39)27-18-37(31(3,4)5)17-26(27)24-10-8-22(33)16-28(24)34/h7-10,15-16,19-20,26-27,29,35,38H,6,11-14,17-18H2,1-5H3/t19?,26-,27?,29?/m0/s1. The minimum absolute atomic E-state index is 0.0476. The molecular weight excluding hydrogens is 520 g/mol. The first-order valence-electron chi connectivity index (χ1n) is 14.1. The van der Waals surface area contributed by atoms with Crippen LogP contribution in [0.4, 0.5) is 8.78 Å². The van der Waals surface area contributed by atoms with Crippen molar-refractivity contribution >= 4 is 17.5 Å². The Hall–Kier alpha value is -2.06. The van der Waals surface area contributed by atoms with Gasteiger partial charge in [-0.1, -0.05) is 30.7 Å². The minimum atomic E-state index is -0.609. The van der Waals surface area contributed by atoms with Crippen LogP contribution in [0.2, 0.25) is 5.02 Å². The number of nitrogens with one attached hydrogen (secondary N) is 1. The fraction of sp³-hybridized carbons (Fsp3) is 0.581. The second-order valence-electron chi connectivity index (χ2n) is 12.1. The van der Waals surface area contributed by atoms with E-state index in [9.17, 15) is 18.7 Å². The van der Waals surface area contributed by atoms with E-state index in [1.807, 2.05) is 30.9 Å². The summed E-state index contributed by atoms with van der Waals surface area (Å²) >= 11 is 6.34. The molecule has 39 heavy (non-hydrogen) atoms. The van der Waals surface area contributed by atoms with Gasteiger partial charge in [0.25, 0.3) is 0 Å². The van der Waals surface area contributed by atoms with Gasteiger partial charge in [-0.25, -0.2) is 8.78 Å². The van der Waals surface area contributed by atoms with E-state index in [-0.39, 0.29) is 35.2 Å². The maximum Gasteiger partial charge on any atom is 0.227 e. The van der Waals surface area contributed by atoms with E-state index in [2.05, 4.69) is 37.1 Å². The number of nitrogens with zero attached hydrogens (tertiary/aromatic N) is 2. The molecule has 2 fully saturated rings. The maximum atomic E-state index is 14.9. The highest BCUT2D eigenvalue weighted by Gasteiger charge is 2.44. The first-order valence-corrected chi connectivity index (χ1v) is 14.5. The predicted molar refractivity (Wildman–Crippen MR) is 152 cm³/mol. The van der Waals surface area contributed by atoms with Crippen molar-refractivity contribution in [1.29, 1.82) is 0 Å². The Morgan fingerprint density at radius 1 is 1.10 bits per heavy atom. The van der Waals surface area contributed by atoms with Crippen LogP contribution >= 0.6 is 11.6 Å². The van der Waals surface area contributed by atoms with Crippen molar-refractivity contribution in [2.24, 2.45) is 5.92 Å². The van der Waals surface area contributed by atoms with Crippen LogP contribution in [0.1, 0.15) is 88.4 Å². The van der Waals surface area contributed by atoms with Gasteiger partial charge in [0.1, 0.15) is 17.9 Å². The van der Waals surface area contributed by atoms with Gasteiger partial charge in [0.05, 0.1) is 5.92 Å². The molecule has 0 radical (unpaired) electrons. The van der Waals surface area contributed by atoms with E-state index < -0.39 is 17.9 Å². The molecule has 4 rings (SSSR count). The number of carbonyl (C=O) groups excluding carboxylic acids is 1. The van der Waals surface area contributed by atoms with Crippen LogP contribution in [0.5, 0.6) is 0 Å². The van der Waals surface area contributed by atoms with Crippen LogP contribution in [-0.4, -0.2) is 58.8 Å². The van der Waals surface area contributed by atoms with Gasteiger partial charge in [0.15, 0.2) is 0 Å². The number of likely N-dealkylation sites (tertiary alicyclic amines) is 2. The Labute approximate surface area is 236 Å². The fourth-order valence-electron chi connectivity index (χ4n) is 6.15. The fourth-order valence-corrected chi connectivity index (χ4v) is 6.33. The zero-order valence-corrected chi connectivity index (χ0v) is 24.4. The van der Waals surface area contributed by atoms with Crippen LogP contribution < -0.4 is 5.32 Å². The number of piperidine rings is 1. The van der Waals surface area contributed by atoms with E-state index in [0.717, 1.165) is 24.5 Å². The summed E-state index contributed by atoms with van der Waals surface area (Å²) in [6, 6.07) is 9.58. The molecule has 2 aliphatic rings. The molecule has 1 amide bonds. The number of hydrogen-bond acceptors (Lipinski definition) is 4. The summed E-state index contributed by atoms with van der Waals surface area (Å²) in [5.41, 5.74) is 2.51. The van der Waals surface area contributed by atoms with E-state index in [4.69, 9.17) is 11.6 Å². The molecule has 8 heteroatoms. The zero-order valence-electron chi connectivity index (χ0n) is 23.7. The van der Waals surface area contributed by atoms with Crippen molar-refractivity contribution in [3.05, 3.63) is 69.7 Å². The zero-order chi connectivity index (χ0) is 28.5. The van der Waals surface area contributed by atoms with Gasteiger partial charge in [-0.15, -0.1) is 0 Å². The number of rotatable bonds is 7. The highest BCUT2D eigenvalue weighted by molar-refractivity contribution is 6.30. The monoisotopic (exact) mass is 561 g/mol. The largest absolute Gasteiger partial charge is 0.379 e. The molecule has 2 saturated heterocycles. The van der Waals surface area contributed by atoms with Gasteiger partial charge < -0.3 is 10.0 Å². The van der Waals surface area contributed by atoms with Gasteiger partial charge in [-0.2, -0.15) is 0 Å². The van der Waals surface area contributed by atoms with Gasteiger partial charge >= 0.3 is 0 Å². The van der Waals surface area contributed by atoms with Gasteiger partial charge in [0.2, 0.25) is 5.91 Å². The lowest BCUT2D eigenvalue weighted by molar-refractivity contribution is -0.136. The molecule has 5 nitrogen and oxygen atoms in total. The van der Waals surface area contributed by atoms with Crippen LogP contribution in [-0.2, 0) is 4.79 Å². The molecule has 2 aromatic carbocycles. The van der Waals surface area contributed by atoms with Gasteiger partial charge in [-0.05, 0) is 87.8 Å². The lowest BCUT2D eigenvalue weighted by Gasteiger charge is -2.36. The van der Waals surface area contributed by atoms with Crippen molar-refractivity contribution in [2.75, 3.05) is 26.2 Å². The van der Waals surface area contributed by atoms with Crippen LogP contribution in [0.25, 0.3) is 0 Å². The molecule has 4 atom stereocenters. The molecule has 2 aromatic rings. The van der Waals surface area contributed by atoms with E-state index in [1.165, 1.54) is 17.7 Å². The van der Waals surface area contributed by atoms with Crippen molar-refractivity contribution in [3.63, 3.8) is 0 Å². The lowest BCUT2D eigenvalue weighted by atomic mass is 9.83. The number of carbonyl (C=O) groups is 1. The van der Waals surface area contributed by atoms with E-state index in [1.54, 1.807) is 0 Å². The SMILES string of the molecule is CCC(O)NC(C)c1cc(Cl)ccc1C1CCN(C(=O)C2CN(C(C)(C)C)C[C@H]2c2ccc(F)cc2F)CC1. The number of amides is 1. The topological polar surface area (TPSA) is 55.8 Å². The van der Waals surface area contributed by atoms with E-state index in [0.29, 0.717) is 43.2 Å². The quantitative estimate of drug-likeness (QED) is 0.394. The summed E-state index contributed by atoms with van der Waals surface area (Å²) in [6.07, 6.45) is 1.64. The van der Waals surface area contributed by atoms with Crippen LogP contribution in [0, 0.1) is 17.6 Å². The number of aliphatic hydroxyl groups is 1. The highest BCUT2D eigenvalue weighted by Crippen LogP contribution is 2.40. The molecule has 0 bridgehead atoms. The Morgan fingerprint density at radius 3 is 2.38 bits per heavy atom. The average molecular weight is 562 g/mol. The van der Waals surface area contributed by atoms with Crippen LogP contribution in [0.3, 0.4) is 0 Å². The smallest absolute Gasteiger partial charge is 0.227 e. The Morgan fingerprint density at radius 2 is 1.77 bits per heavy atom. The molecule has 0 aliphatic carbocycles. The van der Waals surface area contributed by atoms with Crippen molar-refractivity contribution < 1.29 is 18.7 Å². The molecule has 2 heterocycles.